The van der Waals surface area contributed by atoms with Gasteiger partial charge in [0.2, 0.25) is 0 Å². The number of hydrogen-bond acceptors (Lipinski definition) is 4. The Bertz CT molecular complexity index is 891. The standard InChI is InChI=1S/C17H13ClF2N2O4/c18-10-7-8(1-3-11(10)19)22-16(23)9-2-4-12(20)14-13(26-17(21)24)5-6-25-15(9)14/h1-4,7,13H,5-6H2,(H2,21,24)(H,22,23)/t13-/m0/s1. The molecule has 0 aliphatic carbocycles. The van der Waals surface area contributed by atoms with Crippen LogP contribution in [0.5, 0.6) is 5.75 Å². The third-order valence-electron chi connectivity index (χ3n) is 3.77. The van der Waals surface area contributed by atoms with Crippen LogP contribution >= 0.6 is 11.6 Å². The molecule has 3 rings (SSSR count). The van der Waals surface area contributed by atoms with E-state index >= 15 is 0 Å². The van der Waals surface area contributed by atoms with Gasteiger partial charge < -0.3 is 20.5 Å². The van der Waals surface area contributed by atoms with Gasteiger partial charge in [0.25, 0.3) is 5.91 Å². The van der Waals surface area contributed by atoms with Gasteiger partial charge in [-0.05, 0) is 30.3 Å². The van der Waals surface area contributed by atoms with E-state index in [9.17, 15) is 18.4 Å². The number of nitrogens with two attached hydrogens (primary N) is 1. The van der Waals surface area contributed by atoms with Crippen LogP contribution in [0, 0.1) is 11.6 Å². The number of benzene rings is 2. The molecule has 0 spiro atoms. The zero-order chi connectivity index (χ0) is 18.8. The number of rotatable bonds is 3. The maximum atomic E-state index is 14.2. The largest absolute Gasteiger partial charge is 0.492 e. The summed E-state index contributed by atoms with van der Waals surface area (Å²) in [4.78, 5) is 23.6. The molecule has 2 aromatic rings. The molecule has 2 amide bonds. The fourth-order valence-electron chi connectivity index (χ4n) is 2.65. The monoisotopic (exact) mass is 382 g/mol. The Hall–Kier alpha value is -2.87. The normalized spacial score (nSPS) is 15.6. The molecule has 0 bridgehead atoms. The van der Waals surface area contributed by atoms with Gasteiger partial charge in [-0.2, -0.15) is 0 Å². The molecule has 136 valence electrons. The topological polar surface area (TPSA) is 90.7 Å². The van der Waals surface area contributed by atoms with Crippen LogP contribution in [0.2, 0.25) is 5.02 Å². The van der Waals surface area contributed by atoms with E-state index in [2.05, 4.69) is 5.32 Å². The van der Waals surface area contributed by atoms with Crippen LogP contribution < -0.4 is 15.8 Å². The minimum absolute atomic E-state index is 0.0274. The lowest BCUT2D eigenvalue weighted by molar-refractivity contribution is 0.0731. The fourth-order valence-corrected chi connectivity index (χ4v) is 2.83. The van der Waals surface area contributed by atoms with Gasteiger partial charge in [0.05, 0.1) is 22.8 Å². The molecule has 26 heavy (non-hydrogen) atoms. The highest BCUT2D eigenvalue weighted by atomic mass is 35.5. The van der Waals surface area contributed by atoms with Crippen molar-refractivity contribution in [3.05, 3.63) is 58.1 Å². The van der Waals surface area contributed by atoms with Crippen LogP contribution in [0.15, 0.2) is 30.3 Å². The van der Waals surface area contributed by atoms with E-state index in [0.717, 1.165) is 12.1 Å². The molecule has 1 heterocycles. The van der Waals surface area contributed by atoms with Gasteiger partial charge in [-0.3, -0.25) is 4.79 Å². The zero-order valence-corrected chi connectivity index (χ0v) is 14.0. The molecule has 1 aliphatic heterocycles. The molecule has 0 unspecified atom stereocenters. The maximum absolute atomic E-state index is 14.2. The lowest BCUT2D eigenvalue weighted by atomic mass is 9.98. The Morgan fingerprint density at radius 2 is 1.96 bits per heavy atom. The van der Waals surface area contributed by atoms with Crippen LogP contribution in [0.4, 0.5) is 19.3 Å². The van der Waals surface area contributed by atoms with Crippen molar-refractivity contribution in [1.82, 2.24) is 0 Å². The third-order valence-corrected chi connectivity index (χ3v) is 4.06. The SMILES string of the molecule is NC(=O)O[C@H]1CCOc2c(C(=O)Nc3ccc(F)c(Cl)c3)ccc(F)c21. The van der Waals surface area contributed by atoms with E-state index in [1.54, 1.807) is 0 Å². The number of halogens is 3. The number of carbonyl (C=O) groups is 2. The predicted octanol–water partition coefficient (Wildman–Crippen LogP) is 3.79. The first-order valence-electron chi connectivity index (χ1n) is 7.54. The Kier molecular flexibility index (Phi) is 4.94. The molecular formula is C17H13ClF2N2O4. The number of ether oxygens (including phenoxy) is 2. The minimum atomic E-state index is -1.06. The van der Waals surface area contributed by atoms with Crippen molar-refractivity contribution in [2.75, 3.05) is 11.9 Å². The highest BCUT2D eigenvalue weighted by Gasteiger charge is 2.31. The molecule has 0 aromatic heterocycles. The number of nitrogens with one attached hydrogen (secondary N) is 1. The smallest absolute Gasteiger partial charge is 0.405 e. The van der Waals surface area contributed by atoms with Crippen molar-refractivity contribution < 1.29 is 27.8 Å². The van der Waals surface area contributed by atoms with Gasteiger partial charge in [-0.1, -0.05) is 11.6 Å². The van der Waals surface area contributed by atoms with E-state index in [-0.39, 0.29) is 40.6 Å². The van der Waals surface area contributed by atoms with Crippen LogP contribution in [0.25, 0.3) is 0 Å². The molecule has 0 saturated carbocycles. The summed E-state index contributed by atoms with van der Waals surface area (Å²) < 4.78 is 37.8. The quantitative estimate of drug-likeness (QED) is 0.845. The predicted molar refractivity (Wildman–Crippen MR) is 89.3 cm³/mol. The molecule has 1 atom stereocenters. The van der Waals surface area contributed by atoms with Gasteiger partial charge in [0.1, 0.15) is 23.5 Å². The van der Waals surface area contributed by atoms with Crippen molar-refractivity contribution in [2.45, 2.75) is 12.5 Å². The highest BCUT2D eigenvalue weighted by Crippen LogP contribution is 2.39. The number of fused-ring (bicyclic) bond motifs is 1. The summed E-state index contributed by atoms with van der Waals surface area (Å²) in [5, 5.41) is 2.37. The summed E-state index contributed by atoms with van der Waals surface area (Å²) in [5.74, 6) is -1.97. The summed E-state index contributed by atoms with van der Waals surface area (Å²) in [6.07, 6.45) is -1.81. The Morgan fingerprint density at radius 1 is 1.23 bits per heavy atom. The Balaban J connectivity index is 1.94. The Morgan fingerprint density at radius 3 is 2.65 bits per heavy atom. The third kappa shape index (κ3) is 3.55. The molecule has 1 aliphatic rings. The van der Waals surface area contributed by atoms with Crippen molar-refractivity contribution >= 4 is 29.3 Å². The van der Waals surface area contributed by atoms with E-state index < -0.39 is 29.7 Å². The molecule has 9 heteroatoms. The van der Waals surface area contributed by atoms with Crippen molar-refractivity contribution in [1.29, 1.82) is 0 Å². The number of amides is 2. The number of carbonyl (C=O) groups excluding carboxylic acids is 2. The Labute approximate surface area is 151 Å². The second kappa shape index (κ2) is 7.17. The molecule has 6 nitrogen and oxygen atoms in total. The first-order chi connectivity index (χ1) is 12.4. The minimum Gasteiger partial charge on any atom is -0.492 e. The van der Waals surface area contributed by atoms with Crippen molar-refractivity contribution in [3.63, 3.8) is 0 Å². The van der Waals surface area contributed by atoms with Gasteiger partial charge in [-0.15, -0.1) is 0 Å². The summed E-state index contributed by atoms with van der Waals surface area (Å²) in [5.41, 5.74) is 5.23. The van der Waals surface area contributed by atoms with E-state index in [1.807, 2.05) is 0 Å². The lowest BCUT2D eigenvalue weighted by Gasteiger charge is -2.27. The second-order valence-electron chi connectivity index (χ2n) is 5.48. The first kappa shape index (κ1) is 17.9. The van der Waals surface area contributed by atoms with Crippen LogP contribution in [-0.2, 0) is 4.74 Å². The zero-order valence-electron chi connectivity index (χ0n) is 13.2. The molecule has 2 aromatic carbocycles. The molecule has 0 fully saturated rings. The summed E-state index contributed by atoms with van der Waals surface area (Å²) in [6, 6.07) is 5.98. The first-order valence-corrected chi connectivity index (χ1v) is 7.92. The van der Waals surface area contributed by atoms with Crippen LogP contribution in [0.1, 0.15) is 28.4 Å². The van der Waals surface area contributed by atoms with Gasteiger partial charge >= 0.3 is 6.09 Å². The summed E-state index contributed by atoms with van der Waals surface area (Å²) in [6.45, 7) is 0.108. The average molecular weight is 383 g/mol. The van der Waals surface area contributed by atoms with Crippen molar-refractivity contribution in [3.8, 4) is 5.75 Å². The highest BCUT2D eigenvalue weighted by molar-refractivity contribution is 6.31. The van der Waals surface area contributed by atoms with E-state index in [4.69, 9.17) is 26.8 Å². The van der Waals surface area contributed by atoms with Gasteiger partial charge in [0.15, 0.2) is 0 Å². The average Bonchev–Trinajstić information content (AvgIpc) is 2.58. The molecular weight excluding hydrogens is 370 g/mol. The fraction of sp³-hybridized carbons (Fsp3) is 0.176. The number of hydrogen-bond donors (Lipinski definition) is 2. The number of primary amides is 1. The van der Waals surface area contributed by atoms with Gasteiger partial charge in [-0.25, -0.2) is 13.6 Å². The van der Waals surface area contributed by atoms with Crippen molar-refractivity contribution in [2.24, 2.45) is 5.73 Å². The molecule has 0 radical (unpaired) electrons. The molecule has 3 N–H and O–H groups in total. The maximum Gasteiger partial charge on any atom is 0.405 e. The lowest BCUT2D eigenvalue weighted by Crippen LogP contribution is -2.25. The second-order valence-corrected chi connectivity index (χ2v) is 5.89. The van der Waals surface area contributed by atoms with E-state index in [0.29, 0.717) is 0 Å². The van der Waals surface area contributed by atoms with Crippen LogP contribution in [-0.4, -0.2) is 18.6 Å². The molecule has 0 saturated heterocycles. The van der Waals surface area contributed by atoms with Gasteiger partial charge in [0, 0.05) is 12.1 Å². The summed E-state index contributed by atoms with van der Waals surface area (Å²) >= 11 is 5.69. The van der Waals surface area contributed by atoms with Crippen LogP contribution in [0.3, 0.4) is 0 Å². The number of anilines is 1. The summed E-state index contributed by atoms with van der Waals surface area (Å²) in [7, 11) is 0. The van der Waals surface area contributed by atoms with E-state index in [1.165, 1.54) is 18.2 Å².